The molecule has 6 nitrogen and oxygen atoms in total. The maximum atomic E-state index is 12.8. The molecule has 1 aliphatic heterocycles. The van der Waals surface area contributed by atoms with Gasteiger partial charge in [0, 0.05) is 30.1 Å². The van der Waals surface area contributed by atoms with Gasteiger partial charge < -0.3 is 4.90 Å². The Balaban J connectivity index is 1.57. The van der Waals surface area contributed by atoms with Crippen molar-refractivity contribution in [1.82, 2.24) is 19.7 Å². The summed E-state index contributed by atoms with van der Waals surface area (Å²) >= 11 is 0. The number of aromatic nitrogens is 3. The summed E-state index contributed by atoms with van der Waals surface area (Å²) in [6.45, 7) is 7.17. The van der Waals surface area contributed by atoms with Crippen LogP contribution in [0, 0.1) is 10.8 Å². The van der Waals surface area contributed by atoms with E-state index < -0.39 is 0 Å². The lowest BCUT2D eigenvalue weighted by Gasteiger charge is -2.53. The smallest absolute Gasteiger partial charge is 0.257 e. The molecule has 124 valence electrons. The zero-order valence-corrected chi connectivity index (χ0v) is 14.1. The maximum Gasteiger partial charge on any atom is 0.257 e. The van der Waals surface area contributed by atoms with Crippen LogP contribution in [-0.4, -0.2) is 44.5 Å². The summed E-state index contributed by atoms with van der Waals surface area (Å²) in [5, 5.41) is 8.23. The number of hydrogen-bond acceptors (Lipinski definition) is 4. The van der Waals surface area contributed by atoms with Gasteiger partial charge in [-0.2, -0.15) is 14.8 Å². The van der Waals surface area contributed by atoms with Crippen LogP contribution in [-0.2, 0) is 4.79 Å². The van der Waals surface area contributed by atoms with Crippen molar-refractivity contribution in [2.75, 3.05) is 13.1 Å². The second kappa shape index (κ2) is 4.75. The second-order valence-electron chi connectivity index (χ2n) is 7.70. The molecule has 1 spiro atoms. The van der Waals surface area contributed by atoms with Crippen molar-refractivity contribution in [3.8, 4) is 0 Å². The minimum absolute atomic E-state index is 0.0237. The largest absolute Gasteiger partial charge is 0.337 e. The summed E-state index contributed by atoms with van der Waals surface area (Å²) < 4.78 is 1.47. The Bertz CT molecular complexity index is 887. The van der Waals surface area contributed by atoms with E-state index >= 15 is 0 Å². The molecule has 2 aliphatic rings. The molecule has 6 heteroatoms. The van der Waals surface area contributed by atoms with Crippen LogP contribution in [0.15, 0.2) is 36.2 Å². The minimum Gasteiger partial charge on any atom is -0.337 e. The van der Waals surface area contributed by atoms with Crippen LogP contribution >= 0.6 is 0 Å². The molecule has 4 rings (SSSR count). The first-order valence-electron chi connectivity index (χ1n) is 8.14. The van der Waals surface area contributed by atoms with Gasteiger partial charge in [0.15, 0.2) is 5.78 Å². The zero-order chi connectivity index (χ0) is 17.1. The lowest BCUT2D eigenvalue weighted by Crippen LogP contribution is -2.60. The maximum absolute atomic E-state index is 12.8. The summed E-state index contributed by atoms with van der Waals surface area (Å²) in [6, 6.07) is 3.64. The molecule has 0 radical (unpaired) electrons. The molecular weight excluding hydrogens is 304 g/mol. The van der Waals surface area contributed by atoms with Crippen molar-refractivity contribution in [3.63, 3.8) is 0 Å². The van der Waals surface area contributed by atoms with E-state index in [1.54, 1.807) is 18.5 Å². The predicted octanol–water partition coefficient (Wildman–Crippen LogP) is 2.12. The highest BCUT2D eigenvalue weighted by Gasteiger charge is 2.51. The summed E-state index contributed by atoms with van der Waals surface area (Å²) in [4.78, 5) is 26.9. The Hall–Kier alpha value is -2.50. The normalized spacial score (nSPS) is 21.7. The number of amides is 1. The molecule has 3 heterocycles. The third-order valence-corrected chi connectivity index (χ3v) is 5.12. The number of nitrogens with zero attached hydrogens (tertiary/aromatic N) is 4. The first-order valence-corrected chi connectivity index (χ1v) is 8.14. The van der Waals surface area contributed by atoms with Gasteiger partial charge in [-0.25, -0.2) is 0 Å². The fraction of sp³-hybridized carbons (Fsp3) is 0.444. The Labute approximate surface area is 140 Å². The molecule has 0 N–H and O–H groups in total. The number of allylic oxidation sites excluding steroid dienone is 1. The van der Waals surface area contributed by atoms with Crippen LogP contribution in [0.4, 0.5) is 0 Å². The number of fused-ring (bicyclic) bond motifs is 1. The Morgan fingerprint density at radius 1 is 1.25 bits per heavy atom. The highest BCUT2D eigenvalue weighted by molar-refractivity contribution is 6.02. The van der Waals surface area contributed by atoms with Gasteiger partial charge in [-0.15, -0.1) is 0 Å². The number of likely N-dealkylation sites (tertiary alicyclic amines) is 1. The summed E-state index contributed by atoms with van der Waals surface area (Å²) in [5.41, 5.74) is 1.68. The van der Waals surface area contributed by atoms with Crippen molar-refractivity contribution in [3.05, 3.63) is 41.7 Å². The molecule has 1 amide bonds. The highest BCUT2D eigenvalue weighted by atomic mass is 16.2. The Kier molecular flexibility index (Phi) is 2.98. The van der Waals surface area contributed by atoms with Crippen molar-refractivity contribution >= 4 is 17.2 Å². The molecule has 1 aliphatic carbocycles. The first-order chi connectivity index (χ1) is 11.3. The van der Waals surface area contributed by atoms with Gasteiger partial charge in [0.1, 0.15) is 5.52 Å². The molecular formula is C18H20N4O2. The summed E-state index contributed by atoms with van der Waals surface area (Å²) in [5.74, 6) is 0.191. The minimum atomic E-state index is -0.359. The highest BCUT2D eigenvalue weighted by Crippen LogP contribution is 2.48. The van der Waals surface area contributed by atoms with Crippen LogP contribution in [0.2, 0.25) is 0 Å². The van der Waals surface area contributed by atoms with Gasteiger partial charge in [-0.3, -0.25) is 9.59 Å². The number of carbonyl (C=O) groups excluding carboxylic acids is 2. The number of rotatable bonds is 1. The monoisotopic (exact) mass is 324 g/mol. The van der Waals surface area contributed by atoms with Crippen molar-refractivity contribution in [2.24, 2.45) is 10.8 Å². The second-order valence-corrected chi connectivity index (χ2v) is 7.70. The fourth-order valence-corrected chi connectivity index (χ4v) is 4.30. The van der Waals surface area contributed by atoms with E-state index in [2.05, 4.69) is 16.3 Å². The van der Waals surface area contributed by atoms with Crippen LogP contribution in [0.25, 0.3) is 5.52 Å². The first kappa shape index (κ1) is 15.1. The van der Waals surface area contributed by atoms with E-state index in [0.717, 1.165) is 12.0 Å². The third kappa shape index (κ3) is 2.09. The number of ketones is 1. The van der Waals surface area contributed by atoms with E-state index in [-0.39, 0.29) is 22.5 Å². The topological polar surface area (TPSA) is 67.6 Å². The summed E-state index contributed by atoms with van der Waals surface area (Å²) in [7, 11) is 0. The van der Waals surface area contributed by atoms with Crippen LogP contribution in [0.3, 0.4) is 0 Å². The van der Waals surface area contributed by atoms with E-state index in [9.17, 15) is 9.59 Å². The van der Waals surface area contributed by atoms with E-state index in [1.165, 1.54) is 4.63 Å². The lowest BCUT2D eigenvalue weighted by atomic mass is 9.61. The Morgan fingerprint density at radius 3 is 2.71 bits per heavy atom. The molecule has 1 fully saturated rings. The molecule has 0 aromatic carbocycles. The molecule has 2 aromatic rings. The molecule has 2 aromatic heterocycles. The van der Waals surface area contributed by atoms with Gasteiger partial charge in [-0.05, 0) is 31.1 Å². The fourth-order valence-electron chi connectivity index (χ4n) is 4.30. The summed E-state index contributed by atoms with van der Waals surface area (Å²) in [6.07, 6.45) is 6.07. The predicted molar refractivity (Wildman–Crippen MR) is 88.5 cm³/mol. The van der Waals surface area contributed by atoms with Gasteiger partial charge in [0.05, 0.1) is 11.8 Å². The number of hydrogen-bond donors (Lipinski definition) is 0. The third-order valence-electron chi connectivity index (χ3n) is 5.12. The van der Waals surface area contributed by atoms with Gasteiger partial charge in [0.25, 0.3) is 5.91 Å². The van der Waals surface area contributed by atoms with Crippen molar-refractivity contribution in [2.45, 2.75) is 27.2 Å². The average molecular weight is 324 g/mol. The average Bonchev–Trinajstić information content (AvgIpc) is 2.93. The quantitative estimate of drug-likeness (QED) is 0.806. The van der Waals surface area contributed by atoms with Gasteiger partial charge in [0.2, 0.25) is 0 Å². The van der Waals surface area contributed by atoms with Crippen LogP contribution in [0.1, 0.15) is 37.6 Å². The van der Waals surface area contributed by atoms with E-state index in [4.69, 9.17) is 0 Å². The number of carbonyl (C=O) groups is 2. The number of Topliss-reactive ketones (excluding diaryl/α,β-unsaturated/α-hetero) is 1. The van der Waals surface area contributed by atoms with Gasteiger partial charge in [-0.1, -0.05) is 19.9 Å². The van der Waals surface area contributed by atoms with Gasteiger partial charge >= 0.3 is 0 Å². The standard InChI is InChI=1S/C18H20N4O2/c1-12-7-18(9-17(2,3)15(12)23)10-21(11-18)16(24)13-8-20-22-14(13)5-4-6-19-22/h4-8H,9-11H2,1-3H3. The molecule has 0 unspecified atom stereocenters. The molecule has 24 heavy (non-hydrogen) atoms. The molecule has 0 bridgehead atoms. The van der Waals surface area contributed by atoms with E-state index in [1.807, 2.05) is 31.7 Å². The molecule has 1 saturated heterocycles. The zero-order valence-electron chi connectivity index (χ0n) is 14.1. The van der Waals surface area contributed by atoms with Crippen LogP contribution < -0.4 is 0 Å². The molecule has 0 saturated carbocycles. The Morgan fingerprint density at radius 2 is 2.00 bits per heavy atom. The lowest BCUT2D eigenvalue weighted by molar-refractivity contribution is -0.127. The molecule has 0 atom stereocenters. The van der Waals surface area contributed by atoms with Crippen LogP contribution in [0.5, 0.6) is 0 Å². The van der Waals surface area contributed by atoms with Crippen molar-refractivity contribution < 1.29 is 9.59 Å². The van der Waals surface area contributed by atoms with E-state index in [0.29, 0.717) is 24.2 Å². The SMILES string of the molecule is CC1=CC2(CN(C(=O)c3cnn4ncccc34)C2)CC(C)(C)C1=O. The van der Waals surface area contributed by atoms with Crippen molar-refractivity contribution in [1.29, 1.82) is 0 Å².